The van der Waals surface area contributed by atoms with Crippen LogP contribution >= 0.6 is 0 Å². The van der Waals surface area contributed by atoms with E-state index in [0.717, 1.165) is 16.8 Å². The lowest BCUT2D eigenvalue weighted by atomic mass is 10.1. The molecular formula is C21H18N8O. The smallest absolute Gasteiger partial charge is 0.267 e. The van der Waals surface area contributed by atoms with Gasteiger partial charge in [0, 0.05) is 6.20 Å². The van der Waals surface area contributed by atoms with Gasteiger partial charge in [-0.25, -0.2) is 24.6 Å². The molecule has 9 heteroatoms. The summed E-state index contributed by atoms with van der Waals surface area (Å²) in [6.07, 6.45) is 4.66. The predicted molar refractivity (Wildman–Crippen MR) is 113 cm³/mol. The highest BCUT2D eigenvalue weighted by Gasteiger charge is 2.18. The van der Waals surface area contributed by atoms with Crippen LogP contribution in [0.3, 0.4) is 0 Å². The van der Waals surface area contributed by atoms with Crippen molar-refractivity contribution < 1.29 is 0 Å². The Morgan fingerprint density at radius 3 is 2.70 bits per heavy atom. The van der Waals surface area contributed by atoms with E-state index in [9.17, 15) is 4.79 Å². The van der Waals surface area contributed by atoms with E-state index in [1.165, 1.54) is 6.33 Å². The molecule has 4 aromatic heterocycles. The van der Waals surface area contributed by atoms with Gasteiger partial charge in [-0.1, -0.05) is 18.2 Å². The Labute approximate surface area is 170 Å². The van der Waals surface area contributed by atoms with E-state index >= 15 is 0 Å². The van der Waals surface area contributed by atoms with Crippen molar-refractivity contribution in [1.29, 1.82) is 0 Å². The first kappa shape index (κ1) is 17.9. The fourth-order valence-corrected chi connectivity index (χ4v) is 3.62. The molecule has 0 spiro atoms. The van der Waals surface area contributed by atoms with Gasteiger partial charge in [0.2, 0.25) is 0 Å². The molecule has 0 aliphatic heterocycles. The van der Waals surface area contributed by atoms with Crippen LogP contribution in [0.1, 0.15) is 17.0 Å². The third-order valence-corrected chi connectivity index (χ3v) is 5.16. The molecule has 0 bridgehead atoms. The van der Waals surface area contributed by atoms with Crippen molar-refractivity contribution in [3.63, 3.8) is 0 Å². The second-order valence-corrected chi connectivity index (χ2v) is 7.08. The largest absolute Gasteiger partial charge is 0.383 e. The maximum atomic E-state index is 13.6. The standard InChI is InChI=1S/C21H18N8O/c1-12-5-3-4-6-15(12)29-16(27-19-17(21(29)30)13(2)7-8-23-19)10-28-20-14(9-26-28)18(22)24-11-25-20/h3-9,11H,10H2,1-2H3,(H2,22,24,25). The van der Waals surface area contributed by atoms with Gasteiger partial charge in [0.25, 0.3) is 5.56 Å². The number of rotatable bonds is 3. The molecule has 0 unspecified atom stereocenters. The van der Waals surface area contributed by atoms with Crippen LogP contribution in [0.2, 0.25) is 0 Å². The Balaban J connectivity index is 1.80. The number of nitrogens with two attached hydrogens (primary N) is 1. The molecule has 0 saturated carbocycles. The number of anilines is 1. The number of pyridine rings is 1. The molecule has 0 fully saturated rings. The molecule has 148 valence electrons. The van der Waals surface area contributed by atoms with Gasteiger partial charge in [-0.3, -0.25) is 9.36 Å². The number of hydrogen-bond donors (Lipinski definition) is 1. The maximum absolute atomic E-state index is 13.6. The Bertz CT molecular complexity index is 1480. The average molecular weight is 398 g/mol. The summed E-state index contributed by atoms with van der Waals surface area (Å²) < 4.78 is 3.29. The van der Waals surface area contributed by atoms with Crippen LogP contribution in [0.4, 0.5) is 5.82 Å². The highest BCUT2D eigenvalue weighted by Crippen LogP contribution is 2.20. The van der Waals surface area contributed by atoms with Gasteiger partial charge in [0.1, 0.15) is 24.5 Å². The van der Waals surface area contributed by atoms with Crippen LogP contribution < -0.4 is 11.3 Å². The lowest BCUT2D eigenvalue weighted by Crippen LogP contribution is -2.27. The summed E-state index contributed by atoms with van der Waals surface area (Å²) in [5, 5.41) is 5.55. The predicted octanol–water partition coefficient (Wildman–Crippen LogP) is 2.17. The highest BCUT2D eigenvalue weighted by molar-refractivity contribution is 5.84. The van der Waals surface area contributed by atoms with E-state index in [1.54, 1.807) is 21.6 Å². The second kappa shape index (κ2) is 6.73. The van der Waals surface area contributed by atoms with Crippen molar-refractivity contribution in [3.05, 3.63) is 76.4 Å². The van der Waals surface area contributed by atoms with E-state index in [0.29, 0.717) is 33.7 Å². The quantitative estimate of drug-likeness (QED) is 0.495. The summed E-state index contributed by atoms with van der Waals surface area (Å²) >= 11 is 0. The van der Waals surface area contributed by atoms with Crippen molar-refractivity contribution in [1.82, 2.24) is 34.3 Å². The summed E-state index contributed by atoms with van der Waals surface area (Å²) in [5.41, 5.74) is 9.30. The number of hydrogen-bond acceptors (Lipinski definition) is 7. The molecule has 2 N–H and O–H groups in total. The number of nitrogens with zero attached hydrogens (tertiary/aromatic N) is 7. The van der Waals surface area contributed by atoms with E-state index in [-0.39, 0.29) is 12.1 Å². The van der Waals surface area contributed by atoms with Gasteiger partial charge in [0.15, 0.2) is 11.3 Å². The summed E-state index contributed by atoms with van der Waals surface area (Å²) in [5.74, 6) is 0.855. The van der Waals surface area contributed by atoms with Gasteiger partial charge < -0.3 is 5.73 Å². The number of nitrogen functional groups attached to an aromatic ring is 1. The van der Waals surface area contributed by atoms with Gasteiger partial charge >= 0.3 is 0 Å². The topological polar surface area (TPSA) is 117 Å². The van der Waals surface area contributed by atoms with Crippen LogP contribution in [0.15, 0.2) is 53.8 Å². The van der Waals surface area contributed by atoms with Crippen molar-refractivity contribution in [2.45, 2.75) is 20.4 Å². The summed E-state index contributed by atoms with van der Waals surface area (Å²) in [6.45, 7) is 4.06. The zero-order chi connectivity index (χ0) is 20.8. The first-order valence-corrected chi connectivity index (χ1v) is 9.40. The van der Waals surface area contributed by atoms with E-state index in [4.69, 9.17) is 10.7 Å². The third-order valence-electron chi connectivity index (χ3n) is 5.16. The molecule has 0 aliphatic carbocycles. The molecule has 0 saturated heterocycles. The Morgan fingerprint density at radius 1 is 1.03 bits per heavy atom. The molecule has 0 atom stereocenters. The Hall–Kier alpha value is -4.14. The zero-order valence-corrected chi connectivity index (χ0v) is 16.4. The number of aryl methyl sites for hydroxylation is 2. The molecule has 5 aromatic rings. The van der Waals surface area contributed by atoms with Crippen molar-refractivity contribution in [2.75, 3.05) is 5.73 Å². The van der Waals surface area contributed by atoms with Crippen molar-refractivity contribution in [3.8, 4) is 5.69 Å². The molecule has 1 aromatic carbocycles. The first-order valence-electron chi connectivity index (χ1n) is 9.40. The lowest BCUT2D eigenvalue weighted by Gasteiger charge is -2.16. The minimum Gasteiger partial charge on any atom is -0.383 e. The first-order chi connectivity index (χ1) is 14.5. The van der Waals surface area contributed by atoms with Crippen LogP contribution in [0.25, 0.3) is 27.8 Å². The lowest BCUT2D eigenvalue weighted by molar-refractivity contribution is 0.648. The number of benzene rings is 1. The normalized spacial score (nSPS) is 11.4. The summed E-state index contributed by atoms with van der Waals surface area (Å²) in [4.78, 5) is 30.9. The Kier molecular flexibility index (Phi) is 4.02. The van der Waals surface area contributed by atoms with E-state index in [1.807, 2.05) is 44.2 Å². The van der Waals surface area contributed by atoms with E-state index < -0.39 is 0 Å². The van der Waals surface area contributed by atoms with Crippen LogP contribution in [-0.2, 0) is 6.54 Å². The SMILES string of the molecule is Cc1ccccc1-n1c(Cn2ncc3c(N)ncnc32)nc2nccc(C)c2c1=O. The van der Waals surface area contributed by atoms with Gasteiger partial charge in [-0.2, -0.15) is 5.10 Å². The summed E-state index contributed by atoms with van der Waals surface area (Å²) in [7, 11) is 0. The fraction of sp³-hybridized carbons (Fsp3) is 0.143. The molecule has 4 heterocycles. The molecule has 9 nitrogen and oxygen atoms in total. The fourth-order valence-electron chi connectivity index (χ4n) is 3.62. The van der Waals surface area contributed by atoms with E-state index in [2.05, 4.69) is 20.1 Å². The molecular weight excluding hydrogens is 380 g/mol. The monoisotopic (exact) mass is 398 g/mol. The maximum Gasteiger partial charge on any atom is 0.267 e. The van der Waals surface area contributed by atoms with Crippen molar-refractivity contribution >= 4 is 27.9 Å². The Morgan fingerprint density at radius 2 is 1.87 bits per heavy atom. The highest BCUT2D eigenvalue weighted by atomic mass is 16.1. The van der Waals surface area contributed by atoms with Gasteiger partial charge in [-0.05, 0) is 37.1 Å². The minimum atomic E-state index is -0.166. The van der Waals surface area contributed by atoms with Crippen LogP contribution in [-0.4, -0.2) is 34.3 Å². The number of fused-ring (bicyclic) bond motifs is 2. The van der Waals surface area contributed by atoms with Crippen LogP contribution in [0, 0.1) is 13.8 Å². The molecule has 0 aliphatic rings. The van der Waals surface area contributed by atoms with Gasteiger partial charge in [-0.15, -0.1) is 0 Å². The molecule has 30 heavy (non-hydrogen) atoms. The second-order valence-electron chi connectivity index (χ2n) is 7.08. The minimum absolute atomic E-state index is 0.166. The van der Waals surface area contributed by atoms with Gasteiger partial charge in [0.05, 0.1) is 22.7 Å². The summed E-state index contributed by atoms with van der Waals surface area (Å²) in [6, 6.07) is 9.51. The zero-order valence-electron chi connectivity index (χ0n) is 16.4. The number of aromatic nitrogens is 7. The number of para-hydroxylation sites is 1. The van der Waals surface area contributed by atoms with Crippen molar-refractivity contribution in [2.24, 2.45) is 0 Å². The van der Waals surface area contributed by atoms with Crippen LogP contribution in [0.5, 0.6) is 0 Å². The third kappa shape index (κ3) is 2.71. The average Bonchev–Trinajstić information content (AvgIpc) is 3.13. The molecule has 5 rings (SSSR count). The molecule has 0 radical (unpaired) electrons. The molecule has 0 amide bonds.